The van der Waals surface area contributed by atoms with Gasteiger partial charge in [0.05, 0.1) is 0 Å². The van der Waals surface area contributed by atoms with Gasteiger partial charge in [-0.2, -0.15) is 0 Å². The molecule has 0 atom stereocenters. The average Bonchev–Trinajstić information content (AvgIpc) is 2.41. The van der Waals surface area contributed by atoms with Crippen molar-refractivity contribution in [3.8, 4) is 0 Å². The van der Waals surface area contributed by atoms with Crippen molar-refractivity contribution in [2.75, 3.05) is 17.0 Å². The van der Waals surface area contributed by atoms with Crippen molar-refractivity contribution in [3.63, 3.8) is 0 Å². The maximum atomic E-state index is 5.39. The summed E-state index contributed by atoms with van der Waals surface area (Å²) in [6.45, 7) is 2.04. The Hall–Kier alpha value is -1.79. The van der Waals surface area contributed by atoms with Gasteiger partial charge in [-0.15, -0.1) is 0 Å². The molecule has 18 heavy (non-hydrogen) atoms. The van der Waals surface area contributed by atoms with Crippen LogP contribution in [0.1, 0.15) is 5.56 Å². The minimum atomic E-state index is 0.588. The molecule has 1 aromatic carbocycles. The van der Waals surface area contributed by atoms with Crippen LogP contribution >= 0.6 is 11.8 Å². The number of nitrogens with two attached hydrogens (primary N) is 1. The quantitative estimate of drug-likeness (QED) is 0.340. The molecule has 6 heteroatoms. The Labute approximate surface area is 110 Å². The summed E-state index contributed by atoms with van der Waals surface area (Å²) in [6.07, 6.45) is 1.92. The van der Waals surface area contributed by atoms with Gasteiger partial charge in [-0.25, -0.2) is 15.8 Å². The van der Waals surface area contributed by atoms with E-state index in [0.29, 0.717) is 11.0 Å². The molecule has 0 unspecified atom stereocenters. The second kappa shape index (κ2) is 5.70. The molecule has 0 spiro atoms. The number of aromatic nitrogens is 2. The fraction of sp³-hybridized carbons (Fsp3) is 0.167. The largest absolute Gasteiger partial charge is 0.340 e. The highest BCUT2D eigenvalue weighted by Crippen LogP contribution is 2.22. The topological polar surface area (TPSA) is 75.9 Å². The lowest BCUT2D eigenvalue weighted by atomic mass is 10.2. The first-order valence-corrected chi connectivity index (χ1v) is 6.67. The molecule has 5 nitrogen and oxygen atoms in total. The number of hydrogen-bond donors (Lipinski definition) is 3. The maximum Gasteiger partial charge on any atom is 0.191 e. The number of rotatable bonds is 4. The number of anilines is 3. The van der Waals surface area contributed by atoms with Gasteiger partial charge >= 0.3 is 0 Å². The van der Waals surface area contributed by atoms with Crippen molar-refractivity contribution in [2.24, 2.45) is 5.84 Å². The Balaban J connectivity index is 2.31. The number of aryl methyl sites for hydroxylation is 1. The SMILES string of the molecule is CSc1nc(NN)cc(Nc2ccccc2C)n1. The van der Waals surface area contributed by atoms with Crippen molar-refractivity contribution in [2.45, 2.75) is 12.1 Å². The first-order valence-electron chi connectivity index (χ1n) is 5.45. The molecular weight excluding hydrogens is 246 g/mol. The van der Waals surface area contributed by atoms with E-state index in [1.165, 1.54) is 11.8 Å². The van der Waals surface area contributed by atoms with Gasteiger partial charge < -0.3 is 10.7 Å². The summed E-state index contributed by atoms with van der Waals surface area (Å²) in [6, 6.07) is 9.80. The van der Waals surface area contributed by atoms with Crippen LogP contribution in [0.15, 0.2) is 35.5 Å². The van der Waals surface area contributed by atoms with Crippen LogP contribution in [-0.2, 0) is 0 Å². The van der Waals surface area contributed by atoms with E-state index >= 15 is 0 Å². The van der Waals surface area contributed by atoms with Crippen LogP contribution < -0.4 is 16.6 Å². The van der Waals surface area contributed by atoms with E-state index in [2.05, 4.69) is 20.7 Å². The number of nitrogen functional groups attached to an aromatic ring is 1. The third kappa shape index (κ3) is 2.91. The van der Waals surface area contributed by atoms with Crippen molar-refractivity contribution >= 4 is 29.1 Å². The smallest absolute Gasteiger partial charge is 0.191 e. The molecular formula is C12H15N5S. The lowest BCUT2D eigenvalue weighted by molar-refractivity contribution is 0.971. The minimum Gasteiger partial charge on any atom is -0.340 e. The van der Waals surface area contributed by atoms with E-state index < -0.39 is 0 Å². The summed E-state index contributed by atoms with van der Waals surface area (Å²) < 4.78 is 0. The van der Waals surface area contributed by atoms with Gasteiger partial charge in [0.15, 0.2) is 5.16 Å². The first-order chi connectivity index (χ1) is 8.72. The normalized spacial score (nSPS) is 10.2. The lowest BCUT2D eigenvalue weighted by Crippen LogP contribution is -2.10. The predicted octanol–water partition coefficient (Wildman–Crippen LogP) is 2.54. The summed E-state index contributed by atoms with van der Waals surface area (Å²) in [4.78, 5) is 8.59. The van der Waals surface area contributed by atoms with Gasteiger partial charge in [0, 0.05) is 11.8 Å². The Kier molecular flexibility index (Phi) is 4.01. The van der Waals surface area contributed by atoms with Gasteiger partial charge in [0.25, 0.3) is 0 Å². The Morgan fingerprint density at radius 1 is 1.17 bits per heavy atom. The molecule has 0 saturated heterocycles. The van der Waals surface area contributed by atoms with Crippen molar-refractivity contribution in [1.82, 2.24) is 9.97 Å². The molecule has 0 aliphatic rings. The molecule has 2 aromatic rings. The maximum absolute atomic E-state index is 5.39. The monoisotopic (exact) mass is 261 g/mol. The van der Waals surface area contributed by atoms with Crippen LogP contribution in [0.2, 0.25) is 0 Å². The van der Waals surface area contributed by atoms with E-state index in [1.54, 1.807) is 6.07 Å². The van der Waals surface area contributed by atoms with Crippen molar-refractivity contribution in [1.29, 1.82) is 0 Å². The zero-order valence-electron chi connectivity index (χ0n) is 10.3. The molecule has 94 valence electrons. The highest BCUT2D eigenvalue weighted by Gasteiger charge is 2.04. The molecule has 2 rings (SSSR count). The van der Waals surface area contributed by atoms with Gasteiger partial charge in [0.2, 0.25) is 0 Å². The number of benzene rings is 1. The zero-order chi connectivity index (χ0) is 13.0. The highest BCUT2D eigenvalue weighted by molar-refractivity contribution is 7.98. The number of para-hydroxylation sites is 1. The predicted molar refractivity (Wildman–Crippen MR) is 76.1 cm³/mol. The van der Waals surface area contributed by atoms with Crippen LogP contribution in [0.5, 0.6) is 0 Å². The minimum absolute atomic E-state index is 0.588. The summed E-state index contributed by atoms with van der Waals surface area (Å²) in [5.74, 6) is 6.70. The molecule has 0 amide bonds. The van der Waals surface area contributed by atoms with Crippen LogP contribution in [0.4, 0.5) is 17.3 Å². The molecule has 0 aliphatic heterocycles. The second-order valence-corrected chi connectivity index (χ2v) is 4.48. The third-order valence-electron chi connectivity index (χ3n) is 2.44. The fourth-order valence-electron chi connectivity index (χ4n) is 1.51. The van der Waals surface area contributed by atoms with Crippen molar-refractivity contribution in [3.05, 3.63) is 35.9 Å². The van der Waals surface area contributed by atoms with E-state index in [0.717, 1.165) is 17.1 Å². The third-order valence-corrected chi connectivity index (χ3v) is 2.99. The van der Waals surface area contributed by atoms with Crippen molar-refractivity contribution < 1.29 is 0 Å². The fourth-order valence-corrected chi connectivity index (χ4v) is 1.88. The number of nitrogens with zero attached hydrogens (tertiary/aromatic N) is 2. The molecule has 1 heterocycles. The molecule has 1 aromatic heterocycles. The van der Waals surface area contributed by atoms with E-state index in [9.17, 15) is 0 Å². The molecule has 0 radical (unpaired) electrons. The van der Waals surface area contributed by atoms with Gasteiger partial charge in [-0.05, 0) is 24.8 Å². The Bertz CT molecular complexity index is 521. The lowest BCUT2D eigenvalue weighted by Gasteiger charge is -2.10. The van der Waals surface area contributed by atoms with Gasteiger partial charge in [-0.3, -0.25) is 0 Å². The van der Waals surface area contributed by atoms with Crippen LogP contribution in [0.3, 0.4) is 0 Å². The van der Waals surface area contributed by atoms with E-state index in [4.69, 9.17) is 5.84 Å². The Morgan fingerprint density at radius 2 is 1.89 bits per heavy atom. The number of hydrazine groups is 1. The van der Waals surface area contributed by atoms with Crippen LogP contribution in [0, 0.1) is 6.92 Å². The number of nitrogens with one attached hydrogen (secondary N) is 2. The number of thioether (sulfide) groups is 1. The summed E-state index contributed by atoms with van der Waals surface area (Å²) in [5, 5.41) is 3.93. The summed E-state index contributed by atoms with van der Waals surface area (Å²) >= 11 is 1.47. The standard InChI is InChI=1S/C12H15N5S/c1-8-5-3-4-6-9(8)14-10-7-11(17-13)16-12(15-10)18-2/h3-7H,13H2,1-2H3,(H2,14,15,16,17). The van der Waals surface area contributed by atoms with Gasteiger partial charge in [0.1, 0.15) is 11.6 Å². The molecule has 0 saturated carbocycles. The highest BCUT2D eigenvalue weighted by atomic mass is 32.2. The zero-order valence-corrected chi connectivity index (χ0v) is 11.1. The Morgan fingerprint density at radius 3 is 2.56 bits per heavy atom. The average molecular weight is 261 g/mol. The second-order valence-electron chi connectivity index (χ2n) is 3.71. The van der Waals surface area contributed by atoms with Crippen LogP contribution in [-0.4, -0.2) is 16.2 Å². The summed E-state index contributed by atoms with van der Waals surface area (Å²) in [7, 11) is 0. The number of hydrogen-bond acceptors (Lipinski definition) is 6. The first kappa shape index (κ1) is 12.7. The van der Waals surface area contributed by atoms with Gasteiger partial charge in [-0.1, -0.05) is 30.0 Å². The molecule has 4 N–H and O–H groups in total. The molecule has 0 bridgehead atoms. The van der Waals surface area contributed by atoms with E-state index in [1.807, 2.05) is 37.4 Å². The molecule has 0 aliphatic carbocycles. The van der Waals surface area contributed by atoms with Crippen LogP contribution in [0.25, 0.3) is 0 Å². The molecule has 0 fully saturated rings. The van der Waals surface area contributed by atoms with E-state index in [-0.39, 0.29) is 0 Å². The summed E-state index contributed by atoms with van der Waals surface area (Å²) in [5.41, 5.74) is 4.71.